The number of nitrogens with zero attached hydrogens (tertiary/aromatic N) is 1. The first-order valence-corrected chi connectivity index (χ1v) is 8.07. The van der Waals surface area contributed by atoms with Crippen LogP contribution in [0.1, 0.15) is 6.42 Å². The van der Waals surface area contributed by atoms with Crippen LogP contribution in [-0.4, -0.2) is 43.9 Å². The predicted molar refractivity (Wildman–Crippen MR) is 75.3 cm³/mol. The Hall–Kier alpha value is -1.27. The highest BCUT2D eigenvalue weighted by molar-refractivity contribution is 7.91. The number of hydrogen-bond donors (Lipinski definition) is 1. The number of benzene rings is 1. The second-order valence-corrected chi connectivity index (χ2v) is 7.27. The van der Waals surface area contributed by atoms with Gasteiger partial charge in [-0.05, 0) is 24.6 Å². The van der Waals surface area contributed by atoms with Crippen LogP contribution in [0.3, 0.4) is 0 Å². The van der Waals surface area contributed by atoms with Crippen molar-refractivity contribution in [3.8, 4) is 0 Å². The van der Waals surface area contributed by atoms with E-state index in [1.54, 1.807) is 31.3 Å². The average molecular weight is 303 g/mol. The van der Waals surface area contributed by atoms with E-state index < -0.39 is 9.84 Å². The Kier molecular flexibility index (Phi) is 4.01. The molecule has 2 rings (SSSR count). The van der Waals surface area contributed by atoms with Gasteiger partial charge in [0, 0.05) is 23.8 Å². The number of sulfone groups is 1. The highest BCUT2D eigenvalue weighted by Gasteiger charge is 2.32. The Bertz CT molecular complexity index is 588. The van der Waals surface area contributed by atoms with Gasteiger partial charge in [0.25, 0.3) is 0 Å². The molecule has 19 heavy (non-hydrogen) atoms. The number of nitrogens with one attached hydrogen (secondary N) is 1. The number of carbonyl (C=O) groups excluding carboxylic acids is 1. The number of anilines is 1. The number of carbonyl (C=O) groups is 1. The molecule has 1 atom stereocenters. The van der Waals surface area contributed by atoms with Crippen LogP contribution in [0.2, 0.25) is 5.02 Å². The summed E-state index contributed by atoms with van der Waals surface area (Å²) in [5.74, 6) is 0.179. The van der Waals surface area contributed by atoms with E-state index in [2.05, 4.69) is 5.32 Å². The van der Waals surface area contributed by atoms with Gasteiger partial charge in [-0.2, -0.15) is 0 Å². The minimum absolute atomic E-state index is 0.0342. The molecule has 1 unspecified atom stereocenters. The Morgan fingerprint density at radius 1 is 1.47 bits per heavy atom. The molecule has 0 saturated carbocycles. The first kappa shape index (κ1) is 14.1. The maximum absolute atomic E-state index is 12.0. The molecule has 7 heteroatoms. The lowest BCUT2D eigenvalue weighted by molar-refractivity contribution is 0.209. The van der Waals surface area contributed by atoms with Crippen LogP contribution in [0, 0.1) is 0 Å². The summed E-state index contributed by atoms with van der Waals surface area (Å²) in [5.41, 5.74) is 0.588. The van der Waals surface area contributed by atoms with Crippen molar-refractivity contribution in [2.75, 3.05) is 23.9 Å². The van der Waals surface area contributed by atoms with Crippen molar-refractivity contribution >= 4 is 33.2 Å². The van der Waals surface area contributed by atoms with Crippen molar-refractivity contribution in [3.63, 3.8) is 0 Å². The highest BCUT2D eigenvalue weighted by Crippen LogP contribution is 2.19. The third-order valence-electron chi connectivity index (χ3n) is 3.15. The molecular formula is C12H15ClN2O3S. The SMILES string of the molecule is CN(C(=O)Nc1cccc(Cl)c1)C1CCS(=O)(=O)C1. The van der Waals surface area contributed by atoms with E-state index in [1.165, 1.54) is 4.90 Å². The molecule has 5 nitrogen and oxygen atoms in total. The summed E-state index contributed by atoms with van der Waals surface area (Å²) in [7, 11) is -1.39. The Morgan fingerprint density at radius 3 is 2.79 bits per heavy atom. The van der Waals surface area contributed by atoms with Crippen molar-refractivity contribution in [2.45, 2.75) is 12.5 Å². The van der Waals surface area contributed by atoms with E-state index in [-0.39, 0.29) is 23.6 Å². The van der Waals surface area contributed by atoms with Gasteiger partial charge in [-0.25, -0.2) is 13.2 Å². The molecule has 0 aromatic heterocycles. The zero-order valence-electron chi connectivity index (χ0n) is 10.5. The van der Waals surface area contributed by atoms with Gasteiger partial charge in [0.15, 0.2) is 9.84 Å². The van der Waals surface area contributed by atoms with Crippen LogP contribution in [0.5, 0.6) is 0 Å². The van der Waals surface area contributed by atoms with Crippen LogP contribution in [0.4, 0.5) is 10.5 Å². The molecule has 1 aliphatic heterocycles. The van der Waals surface area contributed by atoms with Crippen molar-refractivity contribution < 1.29 is 13.2 Å². The van der Waals surface area contributed by atoms with Gasteiger partial charge in [-0.1, -0.05) is 17.7 Å². The number of amides is 2. The molecule has 1 aromatic rings. The third-order valence-corrected chi connectivity index (χ3v) is 5.14. The molecule has 2 amide bonds. The lowest BCUT2D eigenvalue weighted by Gasteiger charge is -2.23. The van der Waals surface area contributed by atoms with E-state index in [9.17, 15) is 13.2 Å². The fraction of sp³-hybridized carbons (Fsp3) is 0.417. The molecule has 1 N–H and O–H groups in total. The summed E-state index contributed by atoms with van der Waals surface area (Å²) in [5, 5.41) is 3.23. The fourth-order valence-electron chi connectivity index (χ4n) is 2.02. The predicted octanol–water partition coefficient (Wildman–Crippen LogP) is 1.99. The zero-order chi connectivity index (χ0) is 14.0. The largest absolute Gasteiger partial charge is 0.324 e. The van der Waals surface area contributed by atoms with E-state index >= 15 is 0 Å². The molecule has 1 saturated heterocycles. The standard InChI is InChI=1S/C12H15ClN2O3S/c1-15(11-5-6-19(17,18)8-11)12(16)14-10-4-2-3-9(13)7-10/h2-4,7,11H,5-6,8H2,1H3,(H,14,16). The Labute approximate surface area is 117 Å². The van der Waals surface area contributed by atoms with Crippen molar-refractivity contribution in [3.05, 3.63) is 29.3 Å². The van der Waals surface area contributed by atoms with E-state index in [0.29, 0.717) is 17.1 Å². The first-order valence-electron chi connectivity index (χ1n) is 5.87. The number of urea groups is 1. The maximum atomic E-state index is 12.0. The normalized spacial score (nSPS) is 21.1. The van der Waals surface area contributed by atoms with Crippen LogP contribution < -0.4 is 5.32 Å². The molecule has 1 aromatic carbocycles. The maximum Gasteiger partial charge on any atom is 0.321 e. The number of rotatable bonds is 2. The minimum Gasteiger partial charge on any atom is -0.324 e. The van der Waals surface area contributed by atoms with Gasteiger partial charge < -0.3 is 10.2 Å². The molecule has 1 aliphatic rings. The fourth-order valence-corrected chi connectivity index (χ4v) is 3.99. The molecule has 0 radical (unpaired) electrons. The Balaban J connectivity index is 2.00. The smallest absolute Gasteiger partial charge is 0.321 e. The monoisotopic (exact) mass is 302 g/mol. The van der Waals surface area contributed by atoms with Crippen molar-refractivity contribution in [1.29, 1.82) is 0 Å². The van der Waals surface area contributed by atoms with E-state index in [0.717, 1.165) is 0 Å². The van der Waals surface area contributed by atoms with Crippen molar-refractivity contribution in [1.82, 2.24) is 4.90 Å². The summed E-state index contributed by atoms with van der Waals surface area (Å²) in [6, 6.07) is 6.22. The zero-order valence-corrected chi connectivity index (χ0v) is 12.0. The summed E-state index contributed by atoms with van der Waals surface area (Å²) < 4.78 is 22.8. The molecule has 0 bridgehead atoms. The Morgan fingerprint density at radius 2 is 2.21 bits per heavy atom. The van der Waals surface area contributed by atoms with Gasteiger partial charge in [0.05, 0.1) is 11.5 Å². The topological polar surface area (TPSA) is 66.5 Å². The molecule has 0 aliphatic carbocycles. The summed E-state index contributed by atoms with van der Waals surface area (Å²) >= 11 is 5.83. The highest BCUT2D eigenvalue weighted by atomic mass is 35.5. The van der Waals surface area contributed by atoms with Crippen LogP contribution >= 0.6 is 11.6 Å². The summed E-state index contributed by atoms with van der Waals surface area (Å²) in [6.45, 7) is 0. The average Bonchev–Trinajstić information content (AvgIpc) is 2.68. The molecule has 0 spiro atoms. The molecular weight excluding hydrogens is 288 g/mol. The molecule has 104 valence electrons. The van der Waals surface area contributed by atoms with Gasteiger partial charge in [0.1, 0.15) is 0 Å². The molecule has 1 fully saturated rings. The van der Waals surface area contributed by atoms with E-state index in [1.807, 2.05) is 0 Å². The summed E-state index contributed by atoms with van der Waals surface area (Å²) in [4.78, 5) is 13.4. The van der Waals surface area contributed by atoms with Gasteiger partial charge in [-0.15, -0.1) is 0 Å². The molecule has 1 heterocycles. The second-order valence-electron chi connectivity index (χ2n) is 4.61. The van der Waals surface area contributed by atoms with Crippen LogP contribution in [0.15, 0.2) is 24.3 Å². The van der Waals surface area contributed by atoms with Gasteiger partial charge in [0.2, 0.25) is 0 Å². The second kappa shape index (κ2) is 5.38. The number of halogens is 1. The lowest BCUT2D eigenvalue weighted by atomic mass is 10.2. The summed E-state index contributed by atoms with van der Waals surface area (Å²) in [6.07, 6.45) is 0.488. The third kappa shape index (κ3) is 3.61. The van der Waals surface area contributed by atoms with Gasteiger partial charge >= 0.3 is 6.03 Å². The van der Waals surface area contributed by atoms with Gasteiger partial charge in [-0.3, -0.25) is 0 Å². The lowest BCUT2D eigenvalue weighted by Crippen LogP contribution is -2.40. The van der Waals surface area contributed by atoms with Crippen LogP contribution in [0.25, 0.3) is 0 Å². The minimum atomic E-state index is -3.00. The number of hydrogen-bond acceptors (Lipinski definition) is 3. The van der Waals surface area contributed by atoms with E-state index in [4.69, 9.17) is 11.6 Å². The quantitative estimate of drug-likeness (QED) is 0.908. The van der Waals surface area contributed by atoms with Crippen LogP contribution in [-0.2, 0) is 9.84 Å². The van der Waals surface area contributed by atoms with Crippen molar-refractivity contribution in [2.24, 2.45) is 0 Å². The first-order chi connectivity index (χ1) is 8.87.